The van der Waals surface area contributed by atoms with Crippen molar-refractivity contribution in [3.8, 4) is 11.5 Å². The Bertz CT molecular complexity index is 587. The van der Waals surface area contributed by atoms with Gasteiger partial charge in [0.2, 0.25) is 5.91 Å². The van der Waals surface area contributed by atoms with Gasteiger partial charge < -0.3 is 19.5 Å². The van der Waals surface area contributed by atoms with Gasteiger partial charge in [0.1, 0.15) is 0 Å². The first-order chi connectivity index (χ1) is 12.2. The van der Waals surface area contributed by atoms with E-state index in [1.54, 1.807) is 14.2 Å². The molecule has 0 saturated carbocycles. The molecule has 2 fully saturated rings. The molecule has 1 amide bonds. The minimum Gasteiger partial charge on any atom is -0.493 e. The lowest BCUT2D eigenvalue weighted by atomic mass is 10.0. The van der Waals surface area contributed by atoms with E-state index >= 15 is 0 Å². The number of rotatable bonds is 7. The van der Waals surface area contributed by atoms with Gasteiger partial charge >= 0.3 is 0 Å². The molecule has 0 spiro atoms. The van der Waals surface area contributed by atoms with E-state index < -0.39 is 0 Å². The Morgan fingerprint density at radius 1 is 1.24 bits per heavy atom. The third-order valence-corrected chi connectivity index (χ3v) is 5.05. The van der Waals surface area contributed by atoms with E-state index in [1.165, 1.54) is 5.56 Å². The van der Waals surface area contributed by atoms with Gasteiger partial charge in [0.05, 0.1) is 26.9 Å². The summed E-state index contributed by atoms with van der Waals surface area (Å²) in [6.07, 6.45) is 4.46. The predicted octanol–water partition coefficient (Wildman–Crippen LogP) is 2.14. The summed E-state index contributed by atoms with van der Waals surface area (Å²) in [4.78, 5) is 14.5. The number of carbonyl (C=O) groups excluding carboxylic acids is 1. The van der Waals surface area contributed by atoms with Crippen LogP contribution in [0.15, 0.2) is 18.2 Å². The molecule has 0 aliphatic carbocycles. The van der Waals surface area contributed by atoms with E-state index in [-0.39, 0.29) is 18.1 Å². The molecule has 6 nitrogen and oxygen atoms in total. The molecular formula is C19H28N2O4. The van der Waals surface area contributed by atoms with Gasteiger partial charge in [-0.25, -0.2) is 0 Å². The zero-order chi connectivity index (χ0) is 17.6. The monoisotopic (exact) mass is 348 g/mol. The van der Waals surface area contributed by atoms with Crippen LogP contribution >= 0.6 is 0 Å². The van der Waals surface area contributed by atoms with Gasteiger partial charge in [-0.2, -0.15) is 0 Å². The zero-order valence-corrected chi connectivity index (χ0v) is 15.1. The second kappa shape index (κ2) is 8.54. The number of benzene rings is 1. The van der Waals surface area contributed by atoms with Crippen LogP contribution in [0.2, 0.25) is 0 Å². The maximum absolute atomic E-state index is 12.3. The van der Waals surface area contributed by atoms with Crippen LogP contribution in [-0.2, 0) is 9.53 Å². The quantitative estimate of drug-likeness (QED) is 0.818. The molecule has 1 N–H and O–H groups in total. The molecule has 6 heteroatoms. The molecule has 25 heavy (non-hydrogen) atoms. The molecule has 0 radical (unpaired) electrons. The van der Waals surface area contributed by atoms with E-state index in [1.807, 2.05) is 12.1 Å². The van der Waals surface area contributed by atoms with Gasteiger partial charge in [0, 0.05) is 19.2 Å². The van der Waals surface area contributed by atoms with Crippen molar-refractivity contribution in [3.63, 3.8) is 0 Å². The summed E-state index contributed by atoms with van der Waals surface area (Å²) in [6.45, 7) is 2.79. The van der Waals surface area contributed by atoms with Crippen LogP contribution in [0.1, 0.15) is 37.3 Å². The highest BCUT2D eigenvalue weighted by Gasteiger charge is 2.28. The fraction of sp³-hybridized carbons (Fsp3) is 0.632. The molecule has 2 saturated heterocycles. The zero-order valence-electron chi connectivity index (χ0n) is 15.1. The summed E-state index contributed by atoms with van der Waals surface area (Å²) in [5.41, 5.74) is 1.17. The van der Waals surface area contributed by atoms with Crippen LogP contribution in [0.4, 0.5) is 0 Å². The molecule has 0 aromatic heterocycles. The van der Waals surface area contributed by atoms with Crippen LogP contribution in [0.5, 0.6) is 11.5 Å². The standard InChI is InChI=1S/C19H28N2O4/c1-23-17-8-7-14(11-18(17)24-2)16-6-3-9-21(16)13-19(22)20-12-15-5-4-10-25-15/h7-8,11,15-16H,3-6,9-10,12-13H2,1-2H3,(H,20,22). The molecule has 2 atom stereocenters. The molecule has 2 heterocycles. The highest BCUT2D eigenvalue weighted by molar-refractivity contribution is 5.78. The molecule has 2 aliphatic heterocycles. The van der Waals surface area contributed by atoms with Crippen LogP contribution < -0.4 is 14.8 Å². The van der Waals surface area contributed by atoms with Gasteiger partial charge in [-0.3, -0.25) is 9.69 Å². The Hall–Kier alpha value is -1.79. The summed E-state index contributed by atoms with van der Waals surface area (Å²) < 4.78 is 16.3. The number of ether oxygens (including phenoxy) is 3. The number of hydrogen-bond acceptors (Lipinski definition) is 5. The average Bonchev–Trinajstić information content (AvgIpc) is 3.31. The maximum Gasteiger partial charge on any atom is 0.234 e. The molecule has 1 aromatic rings. The lowest BCUT2D eigenvalue weighted by Crippen LogP contribution is -2.39. The molecule has 138 valence electrons. The first-order valence-corrected chi connectivity index (χ1v) is 9.05. The number of amides is 1. The van der Waals surface area contributed by atoms with E-state index in [0.717, 1.165) is 50.3 Å². The smallest absolute Gasteiger partial charge is 0.234 e. The van der Waals surface area contributed by atoms with Gasteiger partial charge in [-0.1, -0.05) is 6.07 Å². The Morgan fingerprint density at radius 2 is 2.08 bits per heavy atom. The molecular weight excluding hydrogens is 320 g/mol. The number of carbonyl (C=O) groups is 1. The van der Waals surface area contributed by atoms with E-state index in [9.17, 15) is 4.79 Å². The predicted molar refractivity (Wildman–Crippen MR) is 95.1 cm³/mol. The van der Waals surface area contributed by atoms with Crippen molar-refractivity contribution in [1.82, 2.24) is 10.2 Å². The maximum atomic E-state index is 12.3. The van der Waals surface area contributed by atoms with Crippen LogP contribution in [-0.4, -0.2) is 57.4 Å². The topological polar surface area (TPSA) is 60.0 Å². The average molecular weight is 348 g/mol. The number of hydrogen-bond donors (Lipinski definition) is 1. The highest BCUT2D eigenvalue weighted by atomic mass is 16.5. The largest absolute Gasteiger partial charge is 0.493 e. The number of nitrogens with one attached hydrogen (secondary N) is 1. The van der Waals surface area contributed by atoms with Crippen molar-refractivity contribution in [2.75, 3.05) is 40.5 Å². The second-order valence-corrected chi connectivity index (χ2v) is 6.68. The van der Waals surface area contributed by atoms with Crippen molar-refractivity contribution in [2.24, 2.45) is 0 Å². The molecule has 1 aromatic carbocycles. The highest BCUT2D eigenvalue weighted by Crippen LogP contribution is 2.36. The minimum absolute atomic E-state index is 0.0721. The lowest BCUT2D eigenvalue weighted by Gasteiger charge is -2.25. The van der Waals surface area contributed by atoms with Crippen molar-refractivity contribution in [2.45, 2.75) is 37.8 Å². The fourth-order valence-corrected chi connectivity index (χ4v) is 3.73. The first kappa shape index (κ1) is 18.0. The SMILES string of the molecule is COc1ccc(C2CCCN2CC(=O)NCC2CCCO2)cc1OC. The van der Waals surface area contributed by atoms with E-state index in [0.29, 0.717) is 13.1 Å². The van der Waals surface area contributed by atoms with Crippen LogP contribution in [0.25, 0.3) is 0 Å². The van der Waals surface area contributed by atoms with Crippen molar-refractivity contribution >= 4 is 5.91 Å². The lowest BCUT2D eigenvalue weighted by molar-refractivity contribution is -0.123. The molecule has 3 rings (SSSR count). The summed E-state index contributed by atoms with van der Waals surface area (Å²) in [5, 5.41) is 3.01. The van der Waals surface area contributed by atoms with E-state index in [4.69, 9.17) is 14.2 Å². The fourth-order valence-electron chi connectivity index (χ4n) is 3.73. The third kappa shape index (κ3) is 4.44. The van der Waals surface area contributed by atoms with Gasteiger partial charge in [-0.15, -0.1) is 0 Å². The molecule has 2 unspecified atom stereocenters. The summed E-state index contributed by atoms with van der Waals surface area (Å²) in [6, 6.07) is 6.26. The van der Waals surface area contributed by atoms with Crippen molar-refractivity contribution in [3.05, 3.63) is 23.8 Å². The summed E-state index contributed by atoms with van der Waals surface area (Å²) >= 11 is 0. The van der Waals surface area contributed by atoms with Gasteiger partial charge in [0.15, 0.2) is 11.5 Å². The normalized spacial score (nSPS) is 23.6. The second-order valence-electron chi connectivity index (χ2n) is 6.68. The minimum atomic E-state index is 0.0721. The summed E-state index contributed by atoms with van der Waals surface area (Å²) in [7, 11) is 3.28. The molecule has 2 aliphatic rings. The third-order valence-electron chi connectivity index (χ3n) is 5.05. The number of nitrogens with zero attached hydrogens (tertiary/aromatic N) is 1. The van der Waals surface area contributed by atoms with Gasteiger partial charge in [-0.05, 0) is 49.9 Å². The van der Waals surface area contributed by atoms with Crippen LogP contribution in [0.3, 0.4) is 0 Å². The number of likely N-dealkylation sites (tertiary alicyclic amines) is 1. The Kier molecular flexibility index (Phi) is 6.15. The summed E-state index contributed by atoms with van der Waals surface area (Å²) in [5.74, 6) is 1.53. The van der Waals surface area contributed by atoms with Crippen molar-refractivity contribution < 1.29 is 19.0 Å². The van der Waals surface area contributed by atoms with E-state index in [2.05, 4.69) is 16.3 Å². The van der Waals surface area contributed by atoms with Crippen LogP contribution in [0, 0.1) is 0 Å². The number of methoxy groups -OCH3 is 2. The van der Waals surface area contributed by atoms with Gasteiger partial charge in [0.25, 0.3) is 0 Å². The Balaban J connectivity index is 1.59. The Labute approximate surface area is 149 Å². The van der Waals surface area contributed by atoms with Crippen molar-refractivity contribution in [1.29, 1.82) is 0 Å². The molecule has 0 bridgehead atoms. The Morgan fingerprint density at radius 3 is 2.80 bits per heavy atom. The first-order valence-electron chi connectivity index (χ1n) is 9.05.